The van der Waals surface area contributed by atoms with Crippen molar-refractivity contribution in [1.82, 2.24) is 19.9 Å². The molecule has 0 unspecified atom stereocenters. The molecule has 4 heterocycles. The third-order valence-corrected chi connectivity index (χ3v) is 6.86. The van der Waals surface area contributed by atoms with Crippen molar-refractivity contribution in [3.8, 4) is 0 Å². The Labute approximate surface area is 202 Å². The van der Waals surface area contributed by atoms with Gasteiger partial charge in [0.25, 0.3) is 0 Å². The molecule has 0 bridgehead atoms. The maximum absolute atomic E-state index is 9.64. The molecule has 0 spiro atoms. The summed E-state index contributed by atoms with van der Waals surface area (Å²) in [6, 6.07) is 0. The van der Waals surface area contributed by atoms with Crippen LogP contribution in [0.3, 0.4) is 0 Å². The van der Waals surface area contributed by atoms with Crippen molar-refractivity contribution in [3.63, 3.8) is 0 Å². The van der Waals surface area contributed by atoms with Crippen LogP contribution >= 0.6 is 0 Å². The predicted octanol–water partition coefficient (Wildman–Crippen LogP) is 2.04. The van der Waals surface area contributed by atoms with Crippen molar-refractivity contribution < 1.29 is 10.2 Å². The van der Waals surface area contributed by atoms with E-state index in [2.05, 4.69) is 28.5 Å². The Hall–Kier alpha value is -2.46. The first-order valence-corrected chi connectivity index (χ1v) is 13.0. The number of hydrogen-bond donors (Lipinski definition) is 2. The van der Waals surface area contributed by atoms with Crippen molar-refractivity contribution in [2.75, 3.05) is 85.2 Å². The molecular formula is C24H40N8O2. The van der Waals surface area contributed by atoms with Crippen molar-refractivity contribution >= 4 is 34.6 Å². The Morgan fingerprint density at radius 2 is 1.03 bits per heavy atom. The molecule has 188 valence electrons. The molecule has 0 radical (unpaired) electrons. The third-order valence-electron chi connectivity index (χ3n) is 6.86. The van der Waals surface area contributed by atoms with Crippen LogP contribution in [0.15, 0.2) is 0 Å². The van der Waals surface area contributed by atoms with Gasteiger partial charge in [0.2, 0.25) is 11.9 Å². The number of aliphatic hydroxyl groups excluding tert-OH is 2. The summed E-state index contributed by atoms with van der Waals surface area (Å²) in [5.41, 5.74) is 1.57. The summed E-state index contributed by atoms with van der Waals surface area (Å²) >= 11 is 0. The van der Waals surface area contributed by atoms with E-state index in [1.807, 2.05) is 4.90 Å². The molecule has 0 amide bonds. The van der Waals surface area contributed by atoms with Gasteiger partial charge in [-0.2, -0.15) is 9.97 Å². The molecule has 0 atom stereocenters. The van der Waals surface area contributed by atoms with Gasteiger partial charge in [-0.25, -0.2) is 9.97 Å². The molecular weight excluding hydrogens is 432 g/mol. The fourth-order valence-electron chi connectivity index (χ4n) is 4.96. The first-order valence-electron chi connectivity index (χ1n) is 13.0. The Balaban J connectivity index is 1.94. The van der Waals surface area contributed by atoms with Crippen LogP contribution in [0.5, 0.6) is 0 Å². The number of piperidine rings is 2. The van der Waals surface area contributed by atoms with E-state index in [1.54, 1.807) is 0 Å². The van der Waals surface area contributed by atoms with E-state index < -0.39 is 0 Å². The second-order valence-corrected chi connectivity index (χ2v) is 9.09. The molecule has 0 aromatic carbocycles. The largest absolute Gasteiger partial charge is 0.395 e. The lowest BCUT2D eigenvalue weighted by Crippen LogP contribution is -2.35. The van der Waals surface area contributed by atoms with E-state index in [0.29, 0.717) is 19.0 Å². The van der Waals surface area contributed by atoms with Crippen LogP contribution in [0, 0.1) is 0 Å². The maximum atomic E-state index is 9.64. The van der Waals surface area contributed by atoms with Gasteiger partial charge in [-0.15, -0.1) is 0 Å². The molecule has 2 N–H and O–H groups in total. The highest BCUT2D eigenvalue weighted by Crippen LogP contribution is 2.34. The van der Waals surface area contributed by atoms with Crippen LogP contribution < -0.4 is 19.6 Å². The molecule has 34 heavy (non-hydrogen) atoms. The van der Waals surface area contributed by atoms with Gasteiger partial charge in [-0.1, -0.05) is 0 Å². The van der Waals surface area contributed by atoms with Crippen LogP contribution in [0.1, 0.15) is 52.4 Å². The quantitative estimate of drug-likeness (QED) is 0.534. The SMILES string of the molecule is CCN(CC)c1nc(N2CCCCC2)c2nc(N(CCO)CCO)nc(N3CCCCC3)c2n1. The maximum Gasteiger partial charge on any atom is 0.228 e. The van der Waals surface area contributed by atoms with Crippen LogP contribution in [0.25, 0.3) is 11.0 Å². The lowest BCUT2D eigenvalue weighted by atomic mass is 10.1. The molecule has 2 aliphatic heterocycles. The molecule has 0 saturated carbocycles. The van der Waals surface area contributed by atoms with Crippen molar-refractivity contribution in [2.24, 2.45) is 0 Å². The molecule has 0 aliphatic carbocycles. The van der Waals surface area contributed by atoms with E-state index in [-0.39, 0.29) is 13.2 Å². The molecule has 2 aromatic rings. The fraction of sp³-hybridized carbons (Fsp3) is 0.750. The summed E-state index contributed by atoms with van der Waals surface area (Å²) in [5.74, 6) is 2.97. The Morgan fingerprint density at radius 1 is 0.618 bits per heavy atom. The van der Waals surface area contributed by atoms with Gasteiger partial charge in [0.05, 0.1) is 13.2 Å². The van der Waals surface area contributed by atoms with Gasteiger partial charge >= 0.3 is 0 Å². The second kappa shape index (κ2) is 11.8. The highest BCUT2D eigenvalue weighted by atomic mass is 16.3. The average molecular weight is 473 g/mol. The zero-order chi connectivity index (χ0) is 23.9. The lowest BCUT2D eigenvalue weighted by molar-refractivity contribution is 0.280. The van der Waals surface area contributed by atoms with Gasteiger partial charge in [0, 0.05) is 52.4 Å². The van der Waals surface area contributed by atoms with E-state index in [9.17, 15) is 10.2 Å². The number of hydrogen-bond acceptors (Lipinski definition) is 10. The predicted molar refractivity (Wildman–Crippen MR) is 137 cm³/mol. The number of rotatable bonds is 10. The zero-order valence-electron chi connectivity index (χ0n) is 20.8. The first-order chi connectivity index (χ1) is 16.7. The van der Waals surface area contributed by atoms with E-state index >= 15 is 0 Å². The number of nitrogens with zero attached hydrogens (tertiary/aromatic N) is 8. The highest BCUT2D eigenvalue weighted by Gasteiger charge is 2.26. The summed E-state index contributed by atoms with van der Waals surface area (Å²) in [6.07, 6.45) is 7.01. The average Bonchev–Trinajstić information content (AvgIpc) is 2.89. The van der Waals surface area contributed by atoms with Gasteiger partial charge in [0.15, 0.2) is 11.6 Å². The summed E-state index contributed by atoms with van der Waals surface area (Å²) in [4.78, 5) is 28.8. The van der Waals surface area contributed by atoms with E-state index in [4.69, 9.17) is 19.9 Å². The molecule has 2 fully saturated rings. The normalized spacial score (nSPS) is 16.8. The topological polar surface area (TPSA) is 105 Å². The zero-order valence-corrected chi connectivity index (χ0v) is 20.8. The highest BCUT2D eigenvalue weighted by molar-refractivity contribution is 5.95. The minimum absolute atomic E-state index is 0.0309. The Bertz CT molecular complexity index is 921. The minimum atomic E-state index is -0.0309. The number of anilines is 4. The molecule has 4 rings (SSSR count). The molecule has 2 aliphatic rings. The summed E-state index contributed by atoms with van der Waals surface area (Å²) in [5, 5.41) is 19.3. The van der Waals surface area contributed by atoms with Crippen molar-refractivity contribution in [3.05, 3.63) is 0 Å². The van der Waals surface area contributed by atoms with Gasteiger partial charge in [-0.05, 0) is 52.4 Å². The smallest absolute Gasteiger partial charge is 0.228 e. The van der Waals surface area contributed by atoms with Gasteiger partial charge in [-0.3, -0.25) is 0 Å². The molecule has 10 nitrogen and oxygen atoms in total. The minimum Gasteiger partial charge on any atom is -0.395 e. The fourth-order valence-corrected chi connectivity index (χ4v) is 4.96. The van der Waals surface area contributed by atoms with E-state index in [1.165, 1.54) is 12.8 Å². The van der Waals surface area contributed by atoms with Crippen LogP contribution in [0.4, 0.5) is 23.5 Å². The van der Waals surface area contributed by atoms with Gasteiger partial charge in [0.1, 0.15) is 11.0 Å². The standard InChI is InChI=1S/C24H40N8O2/c1-3-29(4-2)23-25-19-20(21(27-23)30-11-7-5-8-12-30)26-24(32(15-17-33)16-18-34)28-22(19)31-13-9-6-10-14-31/h33-34H,3-18H2,1-2H3. The molecule has 10 heteroatoms. The van der Waals surface area contributed by atoms with Crippen molar-refractivity contribution in [2.45, 2.75) is 52.4 Å². The van der Waals surface area contributed by atoms with E-state index in [0.717, 1.165) is 93.6 Å². The van der Waals surface area contributed by atoms with Crippen LogP contribution in [-0.2, 0) is 0 Å². The molecule has 2 saturated heterocycles. The summed E-state index contributed by atoms with van der Waals surface area (Å²) in [6.45, 7) is 10.4. The Morgan fingerprint density at radius 3 is 1.41 bits per heavy atom. The monoisotopic (exact) mass is 472 g/mol. The second-order valence-electron chi connectivity index (χ2n) is 9.09. The number of aliphatic hydroxyl groups is 2. The first kappa shape index (κ1) is 24.7. The summed E-state index contributed by atoms with van der Waals surface area (Å²) in [7, 11) is 0. The van der Waals surface area contributed by atoms with Crippen molar-refractivity contribution in [1.29, 1.82) is 0 Å². The van der Waals surface area contributed by atoms with Gasteiger partial charge < -0.3 is 29.8 Å². The Kier molecular flexibility index (Phi) is 8.55. The summed E-state index contributed by atoms with van der Waals surface area (Å²) < 4.78 is 0. The lowest BCUT2D eigenvalue weighted by Gasteiger charge is -2.32. The van der Waals surface area contributed by atoms with Crippen LogP contribution in [0.2, 0.25) is 0 Å². The third kappa shape index (κ3) is 5.27. The molecule has 2 aromatic heterocycles. The number of aromatic nitrogens is 4. The van der Waals surface area contributed by atoms with Crippen LogP contribution in [-0.4, -0.2) is 95.7 Å². The number of fused-ring (bicyclic) bond motifs is 1.